The molecule has 0 aliphatic rings. The molecule has 5 heteroatoms. The molecule has 1 aromatic rings. The fourth-order valence-electron chi connectivity index (χ4n) is 1.71. The SMILES string of the molecule is CC(C)c1cccc(OCCCCCS(=O)(=O)Cl)c1. The van der Waals surface area contributed by atoms with Gasteiger partial charge in [-0.2, -0.15) is 0 Å². The van der Waals surface area contributed by atoms with E-state index >= 15 is 0 Å². The average Bonchev–Trinajstić information content (AvgIpc) is 2.32. The second-order valence-corrected chi connectivity index (χ2v) is 7.78. The van der Waals surface area contributed by atoms with Crippen molar-refractivity contribution in [2.24, 2.45) is 0 Å². The maximum absolute atomic E-state index is 10.7. The minimum atomic E-state index is -3.35. The highest BCUT2D eigenvalue weighted by Crippen LogP contribution is 2.20. The van der Waals surface area contributed by atoms with Gasteiger partial charge in [0.25, 0.3) is 0 Å². The van der Waals surface area contributed by atoms with E-state index < -0.39 is 9.05 Å². The van der Waals surface area contributed by atoms with E-state index in [2.05, 4.69) is 19.9 Å². The lowest BCUT2D eigenvalue weighted by molar-refractivity contribution is 0.306. The Hall–Kier alpha value is -0.740. The Kier molecular flexibility index (Phi) is 6.66. The summed E-state index contributed by atoms with van der Waals surface area (Å²) in [5, 5.41) is 0. The summed E-state index contributed by atoms with van der Waals surface area (Å²) in [4.78, 5) is 0. The molecule has 0 aliphatic carbocycles. The molecule has 0 fully saturated rings. The number of hydrogen-bond acceptors (Lipinski definition) is 3. The maximum atomic E-state index is 10.7. The molecule has 0 bridgehead atoms. The van der Waals surface area contributed by atoms with Crippen LogP contribution >= 0.6 is 10.7 Å². The topological polar surface area (TPSA) is 43.4 Å². The van der Waals surface area contributed by atoms with E-state index in [4.69, 9.17) is 15.4 Å². The van der Waals surface area contributed by atoms with Crippen LogP contribution in [0.25, 0.3) is 0 Å². The van der Waals surface area contributed by atoms with Crippen LogP contribution in [0.15, 0.2) is 24.3 Å². The average molecular weight is 305 g/mol. The summed E-state index contributed by atoms with van der Waals surface area (Å²) in [6.07, 6.45) is 2.22. The van der Waals surface area contributed by atoms with Crippen LogP contribution in [0.4, 0.5) is 0 Å². The molecule has 1 rings (SSSR count). The van der Waals surface area contributed by atoms with Gasteiger partial charge in [-0.25, -0.2) is 8.42 Å². The minimum Gasteiger partial charge on any atom is -0.494 e. The predicted octanol–water partition coefficient (Wildman–Crippen LogP) is 3.93. The quantitative estimate of drug-likeness (QED) is 0.540. The molecule has 1 aromatic carbocycles. The first kappa shape index (κ1) is 16.3. The summed E-state index contributed by atoms with van der Waals surface area (Å²) in [5.41, 5.74) is 1.26. The molecule has 19 heavy (non-hydrogen) atoms. The summed E-state index contributed by atoms with van der Waals surface area (Å²) in [5.74, 6) is 1.39. The summed E-state index contributed by atoms with van der Waals surface area (Å²) in [6, 6.07) is 8.07. The van der Waals surface area contributed by atoms with Crippen molar-refractivity contribution < 1.29 is 13.2 Å². The molecule has 0 saturated carbocycles. The molecule has 0 amide bonds. The molecule has 0 heterocycles. The van der Waals surface area contributed by atoms with Gasteiger partial charge < -0.3 is 4.74 Å². The smallest absolute Gasteiger partial charge is 0.232 e. The van der Waals surface area contributed by atoms with E-state index in [1.54, 1.807) is 0 Å². The molecule has 0 atom stereocenters. The lowest BCUT2D eigenvalue weighted by Gasteiger charge is -2.09. The van der Waals surface area contributed by atoms with E-state index in [9.17, 15) is 8.42 Å². The van der Waals surface area contributed by atoms with E-state index in [1.807, 2.05) is 18.2 Å². The van der Waals surface area contributed by atoms with E-state index in [0.717, 1.165) is 18.6 Å². The predicted molar refractivity (Wildman–Crippen MR) is 79.5 cm³/mol. The summed E-state index contributed by atoms with van der Waals surface area (Å²) in [6.45, 7) is 4.89. The van der Waals surface area contributed by atoms with Crippen LogP contribution in [-0.2, 0) is 9.05 Å². The van der Waals surface area contributed by atoms with Crippen molar-refractivity contribution in [1.82, 2.24) is 0 Å². The van der Waals surface area contributed by atoms with E-state index in [-0.39, 0.29) is 5.75 Å². The summed E-state index contributed by atoms with van der Waals surface area (Å²) in [7, 11) is 1.78. The highest BCUT2D eigenvalue weighted by atomic mass is 35.7. The second kappa shape index (κ2) is 7.75. The molecular weight excluding hydrogens is 284 g/mol. The van der Waals surface area contributed by atoms with Crippen molar-refractivity contribution in [1.29, 1.82) is 0 Å². The third-order valence-corrected chi connectivity index (χ3v) is 4.07. The van der Waals surface area contributed by atoms with E-state index in [1.165, 1.54) is 5.56 Å². The number of hydrogen-bond donors (Lipinski definition) is 0. The Morgan fingerprint density at radius 1 is 1.21 bits per heavy atom. The number of rotatable bonds is 8. The number of halogens is 1. The standard InChI is InChI=1S/C14H21ClO3S/c1-12(2)13-7-6-8-14(11-13)18-9-4-3-5-10-19(15,16)17/h6-8,11-12H,3-5,9-10H2,1-2H3. The lowest BCUT2D eigenvalue weighted by atomic mass is 10.0. The number of benzene rings is 1. The first-order valence-electron chi connectivity index (χ1n) is 6.53. The van der Waals surface area contributed by atoms with Crippen LogP contribution in [0.1, 0.15) is 44.6 Å². The molecule has 3 nitrogen and oxygen atoms in total. The van der Waals surface area contributed by atoms with Gasteiger partial charge in [0.1, 0.15) is 5.75 Å². The zero-order chi connectivity index (χ0) is 14.3. The highest BCUT2D eigenvalue weighted by molar-refractivity contribution is 8.13. The van der Waals surface area contributed by atoms with Gasteiger partial charge in [-0.1, -0.05) is 26.0 Å². The van der Waals surface area contributed by atoms with Crippen molar-refractivity contribution in [3.63, 3.8) is 0 Å². The summed E-state index contributed by atoms with van der Waals surface area (Å²) >= 11 is 0. The Bertz CT molecular complexity index is 483. The fraction of sp³-hybridized carbons (Fsp3) is 0.571. The Morgan fingerprint density at radius 3 is 2.58 bits per heavy atom. The first-order chi connectivity index (χ1) is 8.88. The zero-order valence-electron chi connectivity index (χ0n) is 11.4. The van der Waals surface area contributed by atoms with Crippen molar-refractivity contribution >= 4 is 19.7 Å². The molecule has 0 spiro atoms. The first-order valence-corrected chi connectivity index (χ1v) is 9.01. The molecule has 0 N–H and O–H groups in total. The van der Waals surface area contributed by atoms with Crippen LogP contribution in [0.5, 0.6) is 5.75 Å². The third-order valence-electron chi connectivity index (χ3n) is 2.83. The molecular formula is C14H21ClO3S. The lowest BCUT2D eigenvalue weighted by Crippen LogP contribution is -2.01. The molecule has 0 aromatic heterocycles. The molecule has 0 aliphatic heterocycles. The van der Waals surface area contributed by atoms with Gasteiger partial charge in [-0.05, 0) is 42.9 Å². The van der Waals surface area contributed by atoms with Gasteiger partial charge in [0.05, 0.1) is 12.4 Å². The van der Waals surface area contributed by atoms with Gasteiger partial charge in [0.2, 0.25) is 9.05 Å². The van der Waals surface area contributed by atoms with Crippen LogP contribution in [0, 0.1) is 0 Å². The highest BCUT2D eigenvalue weighted by Gasteiger charge is 2.04. The van der Waals surface area contributed by atoms with Crippen molar-refractivity contribution in [3.05, 3.63) is 29.8 Å². The van der Waals surface area contributed by atoms with E-state index in [0.29, 0.717) is 18.9 Å². The number of ether oxygens (including phenoxy) is 1. The Labute approximate surface area is 120 Å². The monoisotopic (exact) mass is 304 g/mol. The van der Waals surface area contributed by atoms with Gasteiger partial charge in [0, 0.05) is 10.7 Å². The normalized spacial score (nSPS) is 11.8. The minimum absolute atomic E-state index is 0.0391. The third kappa shape index (κ3) is 7.43. The number of unbranched alkanes of at least 4 members (excludes halogenated alkanes) is 2. The van der Waals surface area contributed by atoms with Crippen LogP contribution in [0.3, 0.4) is 0 Å². The van der Waals surface area contributed by atoms with Gasteiger partial charge in [-0.3, -0.25) is 0 Å². The second-order valence-electron chi connectivity index (χ2n) is 4.88. The van der Waals surface area contributed by atoms with Crippen molar-refractivity contribution in [2.75, 3.05) is 12.4 Å². The van der Waals surface area contributed by atoms with Crippen LogP contribution in [0.2, 0.25) is 0 Å². The maximum Gasteiger partial charge on any atom is 0.232 e. The van der Waals surface area contributed by atoms with Gasteiger partial charge in [-0.15, -0.1) is 0 Å². The Balaban J connectivity index is 2.24. The summed E-state index contributed by atoms with van der Waals surface area (Å²) < 4.78 is 27.1. The molecule has 0 unspecified atom stereocenters. The molecule has 108 valence electrons. The Morgan fingerprint density at radius 2 is 1.95 bits per heavy atom. The fourth-order valence-corrected chi connectivity index (χ4v) is 2.58. The van der Waals surface area contributed by atoms with Crippen LogP contribution in [-0.4, -0.2) is 20.8 Å². The van der Waals surface area contributed by atoms with Gasteiger partial charge >= 0.3 is 0 Å². The molecule has 0 saturated heterocycles. The van der Waals surface area contributed by atoms with Crippen molar-refractivity contribution in [3.8, 4) is 5.75 Å². The van der Waals surface area contributed by atoms with Gasteiger partial charge in [0.15, 0.2) is 0 Å². The largest absolute Gasteiger partial charge is 0.494 e. The van der Waals surface area contributed by atoms with Crippen LogP contribution < -0.4 is 4.74 Å². The van der Waals surface area contributed by atoms with Crippen molar-refractivity contribution in [2.45, 2.75) is 39.0 Å². The molecule has 0 radical (unpaired) electrons. The zero-order valence-corrected chi connectivity index (χ0v) is 13.0.